The predicted molar refractivity (Wildman–Crippen MR) is 113 cm³/mol. The van der Waals surface area contributed by atoms with Gasteiger partial charge < -0.3 is 24.3 Å². The molecule has 5 rings (SSSR count). The van der Waals surface area contributed by atoms with E-state index in [1.165, 1.54) is 39.9 Å². The van der Waals surface area contributed by atoms with Gasteiger partial charge in [-0.1, -0.05) is 17.3 Å². The van der Waals surface area contributed by atoms with Crippen LogP contribution in [0.1, 0.15) is 24.5 Å². The fraction of sp³-hybridized carbons (Fsp3) is 0.286. The number of halogens is 3. The van der Waals surface area contributed by atoms with E-state index in [1.54, 1.807) is 0 Å². The Hall–Kier alpha value is -4.36. The molecule has 4 aromatic rings. The molecule has 0 saturated carbocycles. The fourth-order valence-electron chi connectivity index (χ4n) is 4.13. The molecule has 11 nitrogen and oxygen atoms in total. The van der Waals surface area contributed by atoms with Gasteiger partial charge in [-0.05, 0) is 25.0 Å². The van der Waals surface area contributed by atoms with Gasteiger partial charge in [0.25, 0.3) is 11.4 Å². The number of nitrogens with one attached hydrogen (secondary N) is 1. The Balaban J connectivity index is 1.49. The number of aromatic amines is 1. The Morgan fingerprint density at radius 3 is 2.66 bits per heavy atom. The molecule has 0 bridgehead atoms. The molecule has 2 N–H and O–H groups in total. The molecule has 0 unspecified atom stereocenters. The largest absolute Gasteiger partial charge is 0.573 e. The number of H-pyrrole nitrogens is 1. The lowest BCUT2D eigenvalue weighted by Crippen LogP contribution is -2.37. The van der Waals surface area contributed by atoms with Gasteiger partial charge in [-0.25, -0.2) is 9.31 Å². The van der Waals surface area contributed by atoms with Crippen molar-refractivity contribution in [2.45, 2.75) is 25.1 Å². The van der Waals surface area contributed by atoms with Gasteiger partial charge in [0.05, 0.1) is 17.5 Å². The summed E-state index contributed by atoms with van der Waals surface area (Å²) in [5.74, 6) is -0.799. The molecule has 0 atom stereocenters. The maximum absolute atomic E-state index is 12.8. The van der Waals surface area contributed by atoms with Gasteiger partial charge in [-0.15, -0.1) is 13.2 Å². The highest BCUT2D eigenvalue weighted by Crippen LogP contribution is 2.34. The summed E-state index contributed by atoms with van der Waals surface area (Å²) >= 11 is 0. The SMILES string of the molecule is O=C(O)N1CCC(c2cc(=O)[nH]c3c(-c4nc(-c5ccccc5OC(F)(F)F)no4)cnn23)CC1. The van der Waals surface area contributed by atoms with E-state index in [0.29, 0.717) is 31.6 Å². The minimum Gasteiger partial charge on any atom is -0.465 e. The summed E-state index contributed by atoms with van der Waals surface area (Å²) in [5, 5.41) is 17.3. The highest BCUT2D eigenvalue weighted by atomic mass is 19.4. The molecule has 0 radical (unpaired) electrons. The molecule has 35 heavy (non-hydrogen) atoms. The first-order valence-corrected chi connectivity index (χ1v) is 10.5. The number of nitrogens with zero attached hydrogens (tertiary/aromatic N) is 5. The maximum atomic E-state index is 12.8. The van der Waals surface area contributed by atoms with Crippen LogP contribution >= 0.6 is 0 Å². The number of ether oxygens (including phenoxy) is 1. The number of carbonyl (C=O) groups is 1. The molecular formula is C21H17F3N6O5. The number of aromatic nitrogens is 5. The van der Waals surface area contributed by atoms with Crippen LogP contribution in [-0.2, 0) is 0 Å². The number of alkyl halides is 3. The molecule has 14 heteroatoms. The van der Waals surface area contributed by atoms with Crippen molar-refractivity contribution in [1.82, 2.24) is 29.6 Å². The van der Waals surface area contributed by atoms with Crippen molar-refractivity contribution in [3.8, 4) is 28.6 Å². The summed E-state index contributed by atoms with van der Waals surface area (Å²) in [6.07, 6.45) is -3.46. The molecule has 4 heterocycles. The van der Waals surface area contributed by atoms with Crippen LogP contribution in [0, 0.1) is 0 Å². The van der Waals surface area contributed by atoms with Crippen LogP contribution in [0.2, 0.25) is 0 Å². The number of rotatable bonds is 4. The van der Waals surface area contributed by atoms with E-state index in [4.69, 9.17) is 9.63 Å². The van der Waals surface area contributed by atoms with Crippen molar-refractivity contribution < 1.29 is 32.3 Å². The average Bonchev–Trinajstić information content (AvgIpc) is 3.45. The third-order valence-corrected chi connectivity index (χ3v) is 5.73. The fourth-order valence-corrected chi connectivity index (χ4v) is 4.13. The summed E-state index contributed by atoms with van der Waals surface area (Å²) < 4.78 is 49.1. The summed E-state index contributed by atoms with van der Waals surface area (Å²) in [7, 11) is 0. The number of likely N-dealkylation sites (tertiary alicyclic amines) is 1. The maximum Gasteiger partial charge on any atom is 0.573 e. The van der Waals surface area contributed by atoms with Crippen molar-refractivity contribution in [2.75, 3.05) is 13.1 Å². The quantitative estimate of drug-likeness (QED) is 0.443. The first-order valence-electron chi connectivity index (χ1n) is 10.5. The first kappa shape index (κ1) is 22.4. The van der Waals surface area contributed by atoms with Gasteiger partial charge in [0.1, 0.15) is 17.0 Å². The molecule has 3 aromatic heterocycles. The Kier molecular flexibility index (Phi) is 5.42. The van der Waals surface area contributed by atoms with E-state index >= 15 is 0 Å². The van der Waals surface area contributed by atoms with Crippen molar-refractivity contribution in [3.63, 3.8) is 0 Å². The van der Waals surface area contributed by atoms with Crippen LogP contribution in [0.5, 0.6) is 5.75 Å². The molecule has 1 aliphatic rings. The number of benzene rings is 1. The smallest absolute Gasteiger partial charge is 0.465 e. The van der Waals surface area contributed by atoms with Gasteiger partial charge >= 0.3 is 12.5 Å². The molecule has 1 aliphatic heterocycles. The highest BCUT2D eigenvalue weighted by Gasteiger charge is 2.33. The molecule has 1 aromatic carbocycles. The second-order valence-corrected chi connectivity index (χ2v) is 7.89. The second-order valence-electron chi connectivity index (χ2n) is 7.89. The summed E-state index contributed by atoms with van der Waals surface area (Å²) in [4.78, 5) is 31.8. The molecule has 1 amide bonds. The Morgan fingerprint density at radius 2 is 1.94 bits per heavy atom. The third-order valence-electron chi connectivity index (χ3n) is 5.73. The van der Waals surface area contributed by atoms with Crippen LogP contribution in [0.4, 0.5) is 18.0 Å². The molecule has 1 fully saturated rings. The predicted octanol–water partition coefficient (Wildman–Crippen LogP) is 3.50. The van der Waals surface area contributed by atoms with Gasteiger partial charge in [0.2, 0.25) is 5.82 Å². The number of piperidine rings is 1. The molecule has 182 valence electrons. The van der Waals surface area contributed by atoms with Crippen LogP contribution < -0.4 is 10.3 Å². The van der Waals surface area contributed by atoms with Crippen molar-refractivity contribution >= 4 is 11.7 Å². The zero-order valence-corrected chi connectivity index (χ0v) is 17.8. The third kappa shape index (κ3) is 4.41. The Bertz CT molecular complexity index is 1450. The lowest BCUT2D eigenvalue weighted by atomic mass is 9.93. The number of para-hydroxylation sites is 1. The van der Waals surface area contributed by atoms with Gasteiger partial charge in [0, 0.05) is 25.1 Å². The van der Waals surface area contributed by atoms with Crippen molar-refractivity contribution in [2.24, 2.45) is 0 Å². The zero-order valence-electron chi connectivity index (χ0n) is 17.8. The van der Waals surface area contributed by atoms with E-state index in [2.05, 4.69) is 25.0 Å². The first-order chi connectivity index (χ1) is 16.7. The number of carboxylic acid groups (broad SMARTS) is 1. The van der Waals surface area contributed by atoms with Crippen LogP contribution in [-0.4, -0.2) is 60.3 Å². The lowest BCUT2D eigenvalue weighted by Gasteiger charge is -2.30. The average molecular weight is 490 g/mol. The number of fused-ring (bicyclic) bond motifs is 1. The van der Waals surface area contributed by atoms with E-state index in [1.807, 2.05) is 0 Å². The van der Waals surface area contributed by atoms with E-state index in [9.17, 15) is 22.8 Å². The molecule has 1 saturated heterocycles. The van der Waals surface area contributed by atoms with Gasteiger partial charge in [-0.2, -0.15) is 10.1 Å². The summed E-state index contributed by atoms with van der Waals surface area (Å²) in [6.45, 7) is 0.656. The number of amides is 1. The molecule has 0 aliphatic carbocycles. The lowest BCUT2D eigenvalue weighted by molar-refractivity contribution is -0.274. The van der Waals surface area contributed by atoms with Crippen LogP contribution in [0.3, 0.4) is 0 Å². The standard InChI is InChI=1S/C21H17F3N6O5/c22-21(23,24)34-15-4-2-1-3-12(15)17-27-19(35-28-17)13-10-25-30-14(9-16(31)26-18(13)30)11-5-7-29(8-6-11)20(32)33/h1-4,9-11H,5-8H2,(H,26,31)(H,32,33). The zero-order chi connectivity index (χ0) is 24.7. The van der Waals surface area contributed by atoms with Crippen molar-refractivity contribution in [3.05, 3.63) is 52.6 Å². The Labute approximate surface area is 193 Å². The van der Waals surface area contributed by atoms with Gasteiger partial charge in [-0.3, -0.25) is 4.79 Å². The summed E-state index contributed by atoms with van der Waals surface area (Å²) in [5.41, 5.74) is 0.709. The van der Waals surface area contributed by atoms with E-state index in [-0.39, 0.29) is 34.4 Å². The Morgan fingerprint density at radius 1 is 1.20 bits per heavy atom. The van der Waals surface area contributed by atoms with Crippen LogP contribution in [0.15, 0.2) is 45.8 Å². The second kappa shape index (κ2) is 8.45. The topological polar surface area (TPSA) is 139 Å². The number of hydrogen-bond donors (Lipinski definition) is 2. The minimum absolute atomic E-state index is 0.0318. The number of hydrogen-bond acceptors (Lipinski definition) is 7. The minimum atomic E-state index is -4.90. The van der Waals surface area contributed by atoms with E-state index < -0.39 is 23.8 Å². The molecular weight excluding hydrogens is 473 g/mol. The normalized spacial score (nSPS) is 15.0. The highest BCUT2D eigenvalue weighted by molar-refractivity contribution is 5.73. The summed E-state index contributed by atoms with van der Waals surface area (Å²) in [6, 6.07) is 6.78. The monoisotopic (exact) mass is 490 g/mol. The molecule has 0 spiro atoms. The van der Waals surface area contributed by atoms with Crippen LogP contribution in [0.25, 0.3) is 28.5 Å². The van der Waals surface area contributed by atoms with Crippen molar-refractivity contribution in [1.29, 1.82) is 0 Å². The van der Waals surface area contributed by atoms with E-state index in [0.717, 1.165) is 6.07 Å². The van der Waals surface area contributed by atoms with Gasteiger partial charge in [0.15, 0.2) is 0 Å².